The van der Waals surface area contributed by atoms with Crippen molar-refractivity contribution in [2.45, 2.75) is 6.92 Å². The first-order chi connectivity index (χ1) is 11.7. The molecule has 0 spiro atoms. The largest absolute Gasteiger partial charge is 0.496 e. The van der Waals surface area contributed by atoms with Gasteiger partial charge in [-0.25, -0.2) is 10.2 Å². The highest BCUT2D eigenvalue weighted by molar-refractivity contribution is 5.91. The van der Waals surface area contributed by atoms with Crippen molar-refractivity contribution in [3.05, 3.63) is 47.5 Å². The standard InChI is InChI=1S/C17H17N3O4/c1-11-5-3-4-6-13(11)19-17(21)20-18-9-12-7-15-16(24-10-23-15)8-14(12)22-2/h3-9H,10H2,1-2H3,(H2,19,20,21). The number of hydrogen-bond donors (Lipinski definition) is 2. The fourth-order valence-corrected chi connectivity index (χ4v) is 2.24. The maximum Gasteiger partial charge on any atom is 0.339 e. The number of hydrogen-bond acceptors (Lipinski definition) is 5. The molecule has 124 valence electrons. The molecule has 2 N–H and O–H groups in total. The normalized spacial score (nSPS) is 12.2. The number of rotatable bonds is 4. The van der Waals surface area contributed by atoms with Gasteiger partial charge in [0.15, 0.2) is 11.5 Å². The number of urea groups is 1. The number of hydrazone groups is 1. The van der Waals surface area contributed by atoms with Gasteiger partial charge >= 0.3 is 6.03 Å². The summed E-state index contributed by atoms with van der Waals surface area (Å²) in [6.45, 7) is 2.09. The van der Waals surface area contributed by atoms with Crippen LogP contribution in [-0.4, -0.2) is 26.1 Å². The Bertz CT molecular complexity index is 789. The highest BCUT2D eigenvalue weighted by Crippen LogP contribution is 2.37. The fraction of sp³-hybridized carbons (Fsp3) is 0.176. The Hall–Kier alpha value is -3.22. The van der Waals surface area contributed by atoms with Gasteiger partial charge in [-0.1, -0.05) is 18.2 Å². The average Bonchev–Trinajstić information content (AvgIpc) is 3.03. The molecular weight excluding hydrogens is 310 g/mol. The molecule has 2 aromatic carbocycles. The summed E-state index contributed by atoms with van der Waals surface area (Å²) in [6, 6.07) is 10.5. The summed E-state index contributed by atoms with van der Waals surface area (Å²) >= 11 is 0. The van der Waals surface area contributed by atoms with Crippen LogP contribution in [0, 0.1) is 6.92 Å². The molecule has 1 aliphatic heterocycles. The van der Waals surface area contributed by atoms with Crippen LogP contribution in [-0.2, 0) is 0 Å². The Morgan fingerprint density at radius 3 is 2.75 bits per heavy atom. The lowest BCUT2D eigenvalue weighted by molar-refractivity contribution is 0.174. The van der Waals surface area contributed by atoms with Crippen LogP contribution in [0.4, 0.5) is 10.5 Å². The van der Waals surface area contributed by atoms with E-state index >= 15 is 0 Å². The quantitative estimate of drug-likeness (QED) is 0.668. The van der Waals surface area contributed by atoms with Crippen LogP contribution in [0.2, 0.25) is 0 Å². The lowest BCUT2D eigenvalue weighted by Gasteiger charge is -2.08. The topological polar surface area (TPSA) is 81.2 Å². The molecule has 0 saturated heterocycles. The number of nitrogens with zero attached hydrogens (tertiary/aromatic N) is 1. The number of aryl methyl sites for hydroxylation is 1. The zero-order valence-electron chi connectivity index (χ0n) is 13.3. The van der Waals surface area contributed by atoms with Crippen molar-refractivity contribution in [1.29, 1.82) is 0 Å². The second-order valence-corrected chi connectivity index (χ2v) is 5.09. The third-order valence-corrected chi connectivity index (χ3v) is 3.49. The van der Waals surface area contributed by atoms with Gasteiger partial charge in [-0.15, -0.1) is 0 Å². The highest BCUT2D eigenvalue weighted by atomic mass is 16.7. The molecule has 0 bridgehead atoms. The van der Waals surface area contributed by atoms with Crippen molar-refractivity contribution in [1.82, 2.24) is 5.43 Å². The molecule has 3 rings (SSSR count). The molecular formula is C17H17N3O4. The predicted molar refractivity (Wildman–Crippen MR) is 90.0 cm³/mol. The molecule has 1 heterocycles. The number of fused-ring (bicyclic) bond motifs is 1. The van der Waals surface area contributed by atoms with E-state index in [2.05, 4.69) is 15.8 Å². The minimum Gasteiger partial charge on any atom is -0.496 e. The number of benzene rings is 2. The predicted octanol–water partition coefficient (Wildman–Crippen LogP) is 2.89. The molecule has 0 radical (unpaired) electrons. The molecule has 2 amide bonds. The van der Waals surface area contributed by atoms with Crippen LogP contribution in [0.25, 0.3) is 0 Å². The van der Waals surface area contributed by atoms with Crippen molar-refractivity contribution in [2.75, 3.05) is 19.2 Å². The first-order valence-corrected chi connectivity index (χ1v) is 7.30. The van der Waals surface area contributed by atoms with Gasteiger partial charge in [0.05, 0.1) is 13.3 Å². The van der Waals surface area contributed by atoms with Crippen molar-refractivity contribution >= 4 is 17.9 Å². The summed E-state index contributed by atoms with van der Waals surface area (Å²) in [4.78, 5) is 11.9. The van der Waals surface area contributed by atoms with Crippen LogP contribution < -0.4 is 25.0 Å². The molecule has 7 nitrogen and oxygen atoms in total. The molecule has 0 saturated carbocycles. The summed E-state index contributed by atoms with van der Waals surface area (Å²) in [6.07, 6.45) is 1.48. The van der Waals surface area contributed by atoms with Gasteiger partial charge in [-0.05, 0) is 24.6 Å². The first kappa shape index (κ1) is 15.7. The highest BCUT2D eigenvalue weighted by Gasteiger charge is 2.17. The van der Waals surface area contributed by atoms with E-state index in [0.29, 0.717) is 22.8 Å². The number of para-hydroxylation sites is 1. The van der Waals surface area contributed by atoms with E-state index in [1.165, 1.54) is 6.21 Å². The van der Waals surface area contributed by atoms with E-state index in [1.807, 2.05) is 31.2 Å². The number of methoxy groups -OCH3 is 1. The van der Waals surface area contributed by atoms with Gasteiger partial charge in [0, 0.05) is 17.3 Å². The Kier molecular flexibility index (Phi) is 4.51. The number of amides is 2. The molecule has 2 aromatic rings. The second kappa shape index (κ2) is 6.91. The lowest BCUT2D eigenvalue weighted by atomic mass is 10.2. The van der Waals surface area contributed by atoms with Crippen molar-refractivity contribution in [3.63, 3.8) is 0 Å². The molecule has 0 aliphatic carbocycles. The van der Waals surface area contributed by atoms with Crippen LogP contribution in [0.15, 0.2) is 41.5 Å². The number of carbonyl (C=O) groups excluding carboxylic acids is 1. The number of carbonyl (C=O) groups is 1. The van der Waals surface area contributed by atoms with Crippen molar-refractivity contribution in [2.24, 2.45) is 5.10 Å². The fourth-order valence-electron chi connectivity index (χ4n) is 2.24. The summed E-state index contributed by atoms with van der Waals surface area (Å²) < 4.78 is 15.9. The Balaban J connectivity index is 1.66. The zero-order chi connectivity index (χ0) is 16.9. The maximum absolute atomic E-state index is 11.9. The van der Waals surface area contributed by atoms with E-state index < -0.39 is 6.03 Å². The van der Waals surface area contributed by atoms with E-state index in [-0.39, 0.29) is 6.79 Å². The van der Waals surface area contributed by atoms with Crippen molar-refractivity contribution < 1.29 is 19.0 Å². The van der Waals surface area contributed by atoms with Gasteiger partial charge in [-0.3, -0.25) is 0 Å². The van der Waals surface area contributed by atoms with Gasteiger partial charge in [0.1, 0.15) is 5.75 Å². The van der Waals surface area contributed by atoms with E-state index in [0.717, 1.165) is 11.3 Å². The molecule has 0 fully saturated rings. The Morgan fingerprint density at radius 1 is 1.25 bits per heavy atom. The monoisotopic (exact) mass is 327 g/mol. The van der Waals surface area contributed by atoms with Gasteiger partial charge in [-0.2, -0.15) is 5.10 Å². The summed E-state index contributed by atoms with van der Waals surface area (Å²) in [5, 5.41) is 6.67. The maximum atomic E-state index is 11.9. The zero-order valence-corrected chi connectivity index (χ0v) is 13.3. The summed E-state index contributed by atoms with van der Waals surface area (Å²) in [5.41, 5.74) is 4.78. The van der Waals surface area contributed by atoms with Crippen LogP contribution >= 0.6 is 0 Å². The van der Waals surface area contributed by atoms with E-state index in [1.54, 1.807) is 19.2 Å². The minimum atomic E-state index is -0.430. The van der Waals surface area contributed by atoms with Crippen LogP contribution in [0.1, 0.15) is 11.1 Å². The lowest BCUT2D eigenvalue weighted by Crippen LogP contribution is -2.24. The van der Waals surface area contributed by atoms with Gasteiger partial charge < -0.3 is 19.5 Å². The van der Waals surface area contributed by atoms with Gasteiger partial charge in [0.2, 0.25) is 6.79 Å². The smallest absolute Gasteiger partial charge is 0.339 e. The molecule has 24 heavy (non-hydrogen) atoms. The SMILES string of the molecule is COc1cc2c(cc1C=NNC(=O)Nc1ccccc1C)OCO2. The van der Waals surface area contributed by atoms with E-state index in [9.17, 15) is 4.79 Å². The van der Waals surface area contributed by atoms with Crippen LogP contribution in [0.5, 0.6) is 17.2 Å². The average molecular weight is 327 g/mol. The Labute approximate surface area is 139 Å². The molecule has 7 heteroatoms. The third-order valence-electron chi connectivity index (χ3n) is 3.49. The first-order valence-electron chi connectivity index (χ1n) is 7.30. The summed E-state index contributed by atoms with van der Waals surface area (Å²) in [7, 11) is 1.55. The molecule has 1 aliphatic rings. The number of anilines is 1. The molecule has 0 unspecified atom stereocenters. The van der Waals surface area contributed by atoms with Crippen molar-refractivity contribution in [3.8, 4) is 17.2 Å². The Morgan fingerprint density at radius 2 is 2.00 bits per heavy atom. The van der Waals surface area contributed by atoms with Gasteiger partial charge in [0.25, 0.3) is 0 Å². The van der Waals surface area contributed by atoms with Crippen LogP contribution in [0.3, 0.4) is 0 Å². The van der Waals surface area contributed by atoms with E-state index in [4.69, 9.17) is 14.2 Å². The summed E-state index contributed by atoms with van der Waals surface area (Å²) in [5.74, 6) is 1.81. The minimum absolute atomic E-state index is 0.177. The molecule has 0 aromatic heterocycles. The third kappa shape index (κ3) is 3.40. The second-order valence-electron chi connectivity index (χ2n) is 5.09. The number of nitrogens with one attached hydrogen (secondary N) is 2. The number of ether oxygens (including phenoxy) is 3. The molecule has 0 atom stereocenters.